The number of aliphatic hydroxyl groups excluding tert-OH is 4. The number of carbonyl (C=O) groups excluding carboxylic acids is 1. The minimum atomic E-state index is -1.55. The molecular formula is C21H40O6. The molecule has 0 bridgehead atoms. The van der Waals surface area contributed by atoms with Crippen LogP contribution in [0.2, 0.25) is 0 Å². The summed E-state index contributed by atoms with van der Waals surface area (Å²) in [6, 6.07) is 0. The van der Waals surface area contributed by atoms with Crippen molar-refractivity contribution in [3.63, 3.8) is 0 Å². The molecule has 0 aliphatic heterocycles. The molecule has 27 heavy (non-hydrogen) atoms. The average molecular weight is 389 g/mol. The van der Waals surface area contributed by atoms with Gasteiger partial charge in [0.05, 0.1) is 13.0 Å². The summed E-state index contributed by atoms with van der Waals surface area (Å²) in [4.78, 5) is 11.7. The lowest BCUT2D eigenvalue weighted by Crippen LogP contribution is -2.42. The van der Waals surface area contributed by atoms with Gasteiger partial charge in [-0.15, -0.1) is 0 Å². The molecule has 4 unspecified atom stereocenters. The second-order valence-electron chi connectivity index (χ2n) is 8.07. The van der Waals surface area contributed by atoms with E-state index in [4.69, 9.17) is 9.84 Å². The van der Waals surface area contributed by atoms with Crippen LogP contribution in [-0.4, -0.2) is 57.9 Å². The zero-order chi connectivity index (χ0) is 20.8. The van der Waals surface area contributed by atoms with Gasteiger partial charge >= 0.3 is 5.97 Å². The molecule has 160 valence electrons. The second-order valence-corrected chi connectivity index (χ2v) is 8.07. The van der Waals surface area contributed by atoms with Crippen LogP contribution in [-0.2, 0) is 9.53 Å². The molecule has 0 aliphatic carbocycles. The van der Waals surface area contributed by atoms with Crippen LogP contribution in [0.5, 0.6) is 0 Å². The number of rotatable bonds is 15. The van der Waals surface area contributed by atoms with Crippen molar-refractivity contribution >= 4 is 5.97 Å². The summed E-state index contributed by atoms with van der Waals surface area (Å²) in [5.74, 6) is 0.996. The van der Waals surface area contributed by atoms with Crippen molar-refractivity contribution in [1.29, 1.82) is 0 Å². The number of ether oxygens (including phenoxy) is 1. The highest BCUT2D eigenvalue weighted by atomic mass is 16.5. The number of hydrogen-bond acceptors (Lipinski definition) is 6. The summed E-state index contributed by atoms with van der Waals surface area (Å²) in [7, 11) is 0. The zero-order valence-corrected chi connectivity index (χ0v) is 17.4. The zero-order valence-electron chi connectivity index (χ0n) is 17.4. The Balaban J connectivity index is 3.94. The number of carbonyl (C=O) groups is 1. The topological polar surface area (TPSA) is 107 Å². The first kappa shape index (κ1) is 26.1. The first-order valence-corrected chi connectivity index (χ1v) is 10.1. The molecule has 0 amide bonds. The Morgan fingerprint density at radius 2 is 1.63 bits per heavy atom. The summed E-state index contributed by atoms with van der Waals surface area (Å²) in [5, 5.41) is 37.0. The minimum Gasteiger partial charge on any atom is -0.463 e. The van der Waals surface area contributed by atoms with Crippen LogP contribution in [0.25, 0.3) is 0 Å². The van der Waals surface area contributed by atoms with E-state index in [1.165, 1.54) is 25.7 Å². The molecule has 4 N–H and O–H groups in total. The number of esters is 1. The van der Waals surface area contributed by atoms with Gasteiger partial charge in [-0.05, 0) is 31.6 Å². The minimum absolute atomic E-state index is 0.112. The van der Waals surface area contributed by atoms with E-state index in [0.29, 0.717) is 0 Å². The molecule has 0 saturated carbocycles. The molecule has 0 aromatic heterocycles. The molecule has 0 radical (unpaired) electrons. The SMILES string of the molecule is CC(=CCC(=O)OCC(O)C(O)C(O)CO)CCCC(C)CCCC(C)C. The number of allylic oxidation sites excluding steroid dienone is 1. The Morgan fingerprint density at radius 1 is 1.00 bits per heavy atom. The molecule has 0 fully saturated rings. The third kappa shape index (κ3) is 13.8. The highest BCUT2D eigenvalue weighted by Gasteiger charge is 2.25. The Hall–Kier alpha value is -0.950. The summed E-state index contributed by atoms with van der Waals surface area (Å²) in [5.41, 5.74) is 1.14. The van der Waals surface area contributed by atoms with Crippen molar-refractivity contribution in [2.45, 2.75) is 91.0 Å². The maximum absolute atomic E-state index is 11.7. The lowest BCUT2D eigenvalue weighted by atomic mass is 9.94. The van der Waals surface area contributed by atoms with E-state index in [0.717, 1.165) is 30.3 Å². The molecule has 0 aromatic carbocycles. The van der Waals surface area contributed by atoms with Crippen molar-refractivity contribution < 1.29 is 30.0 Å². The number of aliphatic hydroxyl groups is 4. The van der Waals surface area contributed by atoms with Gasteiger partial charge in [-0.2, -0.15) is 0 Å². The average Bonchev–Trinajstić information content (AvgIpc) is 2.62. The predicted octanol–water partition coefficient (Wildman–Crippen LogP) is 2.57. The van der Waals surface area contributed by atoms with Crippen molar-refractivity contribution in [2.24, 2.45) is 11.8 Å². The largest absolute Gasteiger partial charge is 0.463 e. The third-order valence-corrected chi connectivity index (χ3v) is 4.75. The molecule has 4 atom stereocenters. The van der Waals surface area contributed by atoms with Crippen molar-refractivity contribution in [3.05, 3.63) is 11.6 Å². The molecule has 0 heterocycles. The smallest absolute Gasteiger partial charge is 0.309 e. The van der Waals surface area contributed by atoms with E-state index in [2.05, 4.69) is 20.8 Å². The van der Waals surface area contributed by atoms with Gasteiger partial charge in [-0.25, -0.2) is 0 Å². The van der Waals surface area contributed by atoms with E-state index < -0.39 is 37.5 Å². The lowest BCUT2D eigenvalue weighted by molar-refractivity contribution is -0.151. The lowest BCUT2D eigenvalue weighted by Gasteiger charge is -2.21. The fourth-order valence-corrected chi connectivity index (χ4v) is 2.81. The fourth-order valence-electron chi connectivity index (χ4n) is 2.81. The third-order valence-electron chi connectivity index (χ3n) is 4.75. The summed E-state index contributed by atoms with van der Waals surface area (Å²) >= 11 is 0. The van der Waals surface area contributed by atoms with Gasteiger partial charge in [-0.1, -0.05) is 58.1 Å². The molecular weight excluding hydrogens is 348 g/mol. The predicted molar refractivity (Wildman–Crippen MR) is 106 cm³/mol. The maximum atomic E-state index is 11.7. The highest BCUT2D eigenvalue weighted by Crippen LogP contribution is 2.19. The van der Waals surface area contributed by atoms with Gasteiger partial charge < -0.3 is 25.2 Å². The molecule has 0 aliphatic rings. The first-order valence-electron chi connectivity index (χ1n) is 10.1. The summed E-state index contributed by atoms with van der Waals surface area (Å²) < 4.78 is 4.89. The van der Waals surface area contributed by atoms with E-state index in [1.54, 1.807) is 0 Å². The van der Waals surface area contributed by atoms with E-state index >= 15 is 0 Å². The van der Waals surface area contributed by atoms with E-state index in [1.807, 2.05) is 13.0 Å². The van der Waals surface area contributed by atoms with Crippen LogP contribution in [0, 0.1) is 11.8 Å². The molecule has 0 rings (SSSR count). The Bertz CT molecular complexity index is 421. The van der Waals surface area contributed by atoms with Crippen LogP contribution >= 0.6 is 0 Å². The van der Waals surface area contributed by atoms with Gasteiger partial charge in [0.2, 0.25) is 0 Å². The summed E-state index contributed by atoms with van der Waals surface area (Å²) in [6.07, 6.45) is 4.58. The Labute approximate surface area is 164 Å². The van der Waals surface area contributed by atoms with Crippen LogP contribution < -0.4 is 0 Å². The van der Waals surface area contributed by atoms with Gasteiger partial charge in [0.25, 0.3) is 0 Å². The summed E-state index contributed by atoms with van der Waals surface area (Å²) in [6.45, 7) is 7.70. The van der Waals surface area contributed by atoms with Crippen LogP contribution in [0.3, 0.4) is 0 Å². The van der Waals surface area contributed by atoms with Crippen LogP contribution in [0.1, 0.15) is 72.6 Å². The van der Waals surface area contributed by atoms with Crippen molar-refractivity contribution in [2.75, 3.05) is 13.2 Å². The van der Waals surface area contributed by atoms with Gasteiger partial charge in [0.1, 0.15) is 24.9 Å². The number of hydrogen-bond donors (Lipinski definition) is 4. The monoisotopic (exact) mass is 388 g/mol. The second kappa shape index (κ2) is 15.0. The standard InChI is InChI=1S/C21H40O6/c1-15(2)7-5-8-16(3)9-6-10-17(4)11-12-20(25)27-14-19(24)21(26)18(23)13-22/h11,15-16,18-19,21-24,26H,5-10,12-14H2,1-4H3. The van der Waals surface area contributed by atoms with Gasteiger partial charge in [0.15, 0.2) is 0 Å². The quantitative estimate of drug-likeness (QED) is 0.254. The van der Waals surface area contributed by atoms with E-state index in [-0.39, 0.29) is 6.42 Å². The van der Waals surface area contributed by atoms with Crippen molar-refractivity contribution in [3.8, 4) is 0 Å². The molecule has 0 spiro atoms. The van der Waals surface area contributed by atoms with Gasteiger partial charge in [0, 0.05) is 0 Å². The fraction of sp³-hybridized carbons (Fsp3) is 0.857. The normalized spacial score (nSPS) is 16.9. The van der Waals surface area contributed by atoms with Crippen LogP contribution in [0.4, 0.5) is 0 Å². The molecule has 0 saturated heterocycles. The van der Waals surface area contributed by atoms with Crippen LogP contribution in [0.15, 0.2) is 11.6 Å². The molecule has 6 nitrogen and oxygen atoms in total. The first-order chi connectivity index (χ1) is 12.7. The van der Waals surface area contributed by atoms with Gasteiger partial charge in [-0.3, -0.25) is 4.79 Å². The highest BCUT2D eigenvalue weighted by molar-refractivity contribution is 5.71. The molecule has 6 heteroatoms. The van der Waals surface area contributed by atoms with E-state index in [9.17, 15) is 20.1 Å². The molecule has 0 aromatic rings. The maximum Gasteiger partial charge on any atom is 0.309 e. The Kier molecular flexibility index (Phi) is 14.5. The van der Waals surface area contributed by atoms with Crippen molar-refractivity contribution in [1.82, 2.24) is 0 Å². The Morgan fingerprint density at radius 3 is 2.22 bits per heavy atom.